The van der Waals surface area contributed by atoms with Crippen LogP contribution in [0.25, 0.3) is 0 Å². The molecule has 1 atom stereocenters. The largest absolute Gasteiger partial charge is 0.387 e. The van der Waals surface area contributed by atoms with E-state index in [4.69, 9.17) is 0 Å². The molecule has 0 aliphatic carbocycles. The van der Waals surface area contributed by atoms with Crippen molar-refractivity contribution in [3.8, 4) is 0 Å². The Morgan fingerprint density at radius 1 is 1.27 bits per heavy atom. The van der Waals surface area contributed by atoms with E-state index >= 15 is 0 Å². The lowest BCUT2D eigenvalue weighted by molar-refractivity contribution is 0.0962. The first kappa shape index (κ1) is 15.2. The highest BCUT2D eigenvalue weighted by Crippen LogP contribution is 2.19. The Balaban J connectivity index is 1.66. The predicted octanol–water partition coefficient (Wildman–Crippen LogP) is 0.836. The third-order valence-corrected chi connectivity index (χ3v) is 5.08. The van der Waals surface area contributed by atoms with Gasteiger partial charge in [-0.25, -0.2) is 13.4 Å². The van der Waals surface area contributed by atoms with Gasteiger partial charge in [-0.3, -0.25) is 4.90 Å². The van der Waals surface area contributed by atoms with E-state index in [-0.39, 0.29) is 4.90 Å². The molecule has 1 aromatic carbocycles. The molecule has 0 bridgehead atoms. The van der Waals surface area contributed by atoms with Crippen molar-refractivity contribution in [2.24, 2.45) is 0 Å². The first-order chi connectivity index (χ1) is 10.4. The van der Waals surface area contributed by atoms with Crippen LogP contribution in [0.2, 0.25) is 0 Å². The van der Waals surface area contributed by atoms with Gasteiger partial charge >= 0.3 is 0 Å². The van der Waals surface area contributed by atoms with E-state index in [0.717, 1.165) is 24.5 Å². The zero-order valence-corrected chi connectivity index (χ0v) is 13.2. The number of nitrogens with zero attached hydrogens (tertiary/aromatic N) is 3. The van der Waals surface area contributed by atoms with Crippen LogP contribution < -0.4 is 0 Å². The standard InChI is InChI=1S/C15H19N3O3S/c1-22(20,21)13-4-2-12(3-5-13)14(19)10-17-8-9-18-7-6-16-15(18)11-17/h2-7,14,19H,8-11H2,1H3/t14-/m0/s1. The van der Waals surface area contributed by atoms with Crippen LogP contribution >= 0.6 is 0 Å². The third-order valence-electron chi connectivity index (χ3n) is 3.95. The molecule has 1 aromatic heterocycles. The predicted molar refractivity (Wildman–Crippen MR) is 82.0 cm³/mol. The van der Waals surface area contributed by atoms with Crippen molar-refractivity contribution < 1.29 is 13.5 Å². The first-order valence-corrected chi connectivity index (χ1v) is 9.03. The number of benzene rings is 1. The summed E-state index contributed by atoms with van der Waals surface area (Å²) in [7, 11) is -3.20. The molecule has 1 aliphatic heterocycles. The van der Waals surface area contributed by atoms with Crippen molar-refractivity contribution in [2.75, 3.05) is 19.3 Å². The summed E-state index contributed by atoms with van der Waals surface area (Å²) >= 11 is 0. The molecule has 118 valence electrons. The fourth-order valence-electron chi connectivity index (χ4n) is 2.67. The molecular formula is C15H19N3O3S. The summed E-state index contributed by atoms with van der Waals surface area (Å²) in [5.41, 5.74) is 0.723. The molecule has 0 radical (unpaired) electrons. The van der Waals surface area contributed by atoms with E-state index in [1.807, 2.05) is 6.20 Å². The summed E-state index contributed by atoms with van der Waals surface area (Å²) in [6, 6.07) is 6.42. The minimum Gasteiger partial charge on any atom is -0.387 e. The number of hydrogen-bond donors (Lipinski definition) is 1. The minimum absolute atomic E-state index is 0.267. The van der Waals surface area contributed by atoms with Gasteiger partial charge in [0, 0.05) is 38.3 Å². The van der Waals surface area contributed by atoms with E-state index in [1.165, 1.54) is 18.4 Å². The van der Waals surface area contributed by atoms with E-state index in [0.29, 0.717) is 13.1 Å². The second-order valence-electron chi connectivity index (χ2n) is 5.63. The maximum absolute atomic E-state index is 11.4. The Hall–Kier alpha value is -1.70. The van der Waals surface area contributed by atoms with E-state index < -0.39 is 15.9 Å². The molecule has 6 nitrogen and oxygen atoms in total. The quantitative estimate of drug-likeness (QED) is 0.903. The molecule has 0 saturated carbocycles. The Morgan fingerprint density at radius 3 is 2.68 bits per heavy atom. The maximum atomic E-state index is 11.4. The number of imidazole rings is 1. The van der Waals surface area contributed by atoms with Gasteiger partial charge in [0.1, 0.15) is 5.82 Å². The van der Waals surface area contributed by atoms with E-state index in [1.54, 1.807) is 18.3 Å². The van der Waals surface area contributed by atoms with Gasteiger partial charge in [0.05, 0.1) is 17.5 Å². The van der Waals surface area contributed by atoms with Crippen molar-refractivity contribution in [1.29, 1.82) is 0 Å². The van der Waals surface area contributed by atoms with Crippen LogP contribution in [0, 0.1) is 0 Å². The van der Waals surface area contributed by atoms with Crippen molar-refractivity contribution in [1.82, 2.24) is 14.5 Å². The molecule has 7 heteroatoms. The summed E-state index contributed by atoms with van der Waals surface area (Å²) in [5.74, 6) is 1.01. The van der Waals surface area contributed by atoms with Gasteiger partial charge in [-0.1, -0.05) is 12.1 Å². The monoisotopic (exact) mass is 321 g/mol. The molecule has 1 aliphatic rings. The van der Waals surface area contributed by atoms with Crippen LogP contribution in [-0.2, 0) is 22.9 Å². The topological polar surface area (TPSA) is 75.4 Å². The smallest absolute Gasteiger partial charge is 0.175 e. The summed E-state index contributed by atoms with van der Waals surface area (Å²) in [5, 5.41) is 10.3. The number of aliphatic hydroxyl groups excluding tert-OH is 1. The first-order valence-electron chi connectivity index (χ1n) is 7.14. The third kappa shape index (κ3) is 3.21. The van der Waals surface area contributed by atoms with Gasteiger partial charge in [0.2, 0.25) is 0 Å². The highest BCUT2D eigenvalue weighted by molar-refractivity contribution is 7.90. The minimum atomic E-state index is -3.20. The van der Waals surface area contributed by atoms with Gasteiger partial charge in [0.25, 0.3) is 0 Å². The molecular weight excluding hydrogens is 302 g/mol. The van der Waals surface area contributed by atoms with Crippen LogP contribution in [0.4, 0.5) is 0 Å². The molecule has 22 heavy (non-hydrogen) atoms. The number of fused-ring (bicyclic) bond motifs is 1. The van der Waals surface area contributed by atoms with Crippen LogP contribution in [0.15, 0.2) is 41.6 Å². The van der Waals surface area contributed by atoms with Crippen LogP contribution in [-0.4, -0.2) is 47.3 Å². The van der Waals surface area contributed by atoms with Crippen LogP contribution in [0.5, 0.6) is 0 Å². The highest BCUT2D eigenvalue weighted by Gasteiger charge is 2.20. The zero-order valence-electron chi connectivity index (χ0n) is 12.4. The lowest BCUT2D eigenvalue weighted by Crippen LogP contribution is -2.36. The van der Waals surface area contributed by atoms with Gasteiger partial charge < -0.3 is 9.67 Å². The second kappa shape index (κ2) is 5.83. The Labute approximate surface area is 129 Å². The molecule has 1 N–H and O–H groups in total. The molecule has 0 saturated heterocycles. The second-order valence-corrected chi connectivity index (χ2v) is 7.64. The molecule has 0 spiro atoms. The number of rotatable bonds is 4. The maximum Gasteiger partial charge on any atom is 0.175 e. The van der Waals surface area contributed by atoms with Crippen LogP contribution in [0.3, 0.4) is 0 Å². The highest BCUT2D eigenvalue weighted by atomic mass is 32.2. The summed E-state index contributed by atoms with van der Waals surface area (Å²) < 4.78 is 25.0. The molecule has 2 heterocycles. The fourth-order valence-corrected chi connectivity index (χ4v) is 3.30. The average Bonchev–Trinajstić information content (AvgIpc) is 2.94. The number of hydrogen-bond acceptors (Lipinski definition) is 5. The number of aliphatic hydroxyl groups is 1. The lowest BCUT2D eigenvalue weighted by atomic mass is 10.1. The zero-order chi connectivity index (χ0) is 15.7. The Bertz CT molecular complexity index is 753. The number of β-amino-alcohol motifs (C(OH)–C–C–N with tert-alkyl or cyclic N) is 1. The fraction of sp³-hybridized carbons (Fsp3) is 0.400. The molecule has 2 aromatic rings. The van der Waals surface area contributed by atoms with E-state index in [9.17, 15) is 13.5 Å². The van der Waals surface area contributed by atoms with Crippen molar-refractivity contribution in [3.63, 3.8) is 0 Å². The molecule has 0 unspecified atom stereocenters. The molecule has 3 rings (SSSR count). The SMILES string of the molecule is CS(=O)(=O)c1ccc([C@@H](O)CN2CCn3ccnc3C2)cc1. The van der Waals surface area contributed by atoms with E-state index in [2.05, 4.69) is 14.5 Å². The summed E-state index contributed by atoms with van der Waals surface area (Å²) in [6.07, 6.45) is 4.29. The van der Waals surface area contributed by atoms with Gasteiger partial charge in [-0.15, -0.1) is 0 Å². The van der Waals surface area contributed by atoms with Crippen molar-refractivity contribution >= 4 is 9.84 Å². The average molecular weight is 321 g/mol. The van der Waals surface area contributed by atoms with Crippen LogP contribution in [0.1, 0.15) is 17.5 Å². The number of aromatic nitrogens is 2. The Kier molecular flexibility index (Phi) is 4.03. The number of sulfone groups is 1. The molecule has 0 amide bonds. The van der Waals surface area contributed by atoms with Crippen molar-refractivity contribution in [3.05, 3.63) is 48.0 Å². The van der Waals surface area contributed by atoms with Gasteiger partial charge in [-0.05, 0) is 17.7 Å². The molecule has 0 fully saturated rings. The van der Waals surface area contributed by atoms with Crippen molar-refractivity contribution in [2.45, 2.75) is 24.1 Å². The lowest BCUT2D eigenvalue weighted by Gasteiger charge is -2.29. The Morgan fingerprint density at radius 2 is 2.00 bits per heavy atom. The summed E-state index contributed by atoms with van der Waals surface area (Å²) in [6.45, 7) is 2.95. The van der Waals surface area contributed by atoms with Gasteiger partial charge in [-0.2, -0.15) is 0 Å². The van der Waals surface area contributed by atoms with Gasteiger partial charge in [0.15, 0.2) is 9.84 Å². The summed E-state index contributed by atoms with van der Waals surface area (Å²) in [4.78, 5) is 6.72. The normalized spacial score (nSPS) is 17.2.